The fourth-order valence-corrected chi connectivity index (χ4v) is 0.553. The van der Waals surface area contributed by atoms with Gasteiger partial charge in [0.15, 0.2) is 0 Å². The Morgan fingerprint density at radius 3 is 2.62 bits per heavy atom. The molecule has 0 aliphatic heterocycles. The van der Waals surface area contributed by atoms with Crippen molar-refractivity contribution in [2.24, 2.45) is 0 Å². The molecule has 0 saturated carbocycles. The molecule has 74 valence electrons. The van der Waals surface area contributed by atoms with Crippen LogP contribution >= 0.6 is 0 Å². The number of hydrogen-bond donors (Lipinski definition) is 2. The minimum absolute atomic E-state index is 0.00537. The van der Waals surface area contributed by atoms with Crippen LogP contribution in [-0.4, -0.2) is 29.4 Å². The lowest BCUT2D eigenvalue weighted by Crippen LogP contribution is -2.36. The van der Waals surface area contributed by atoms with E-state index in [1.165, 1.54) is 0 Å². The van der Waals surface area contributed by atoms with E-state index in [1.54, 1.807) is 20.8 Å². The Morgan fingerprint density at radius 2 is 2.23 bits per heavy atom. The van der Waals surface area contributed by atoms with Crippen LogP contribution in [0.5, 0.6) is 0 Å². The van der Waals surface area contributed by atoms with E-state index in [-0.39, 0.29) is 6.54 Å². The Balaban J connectivity index is 3.72. The monoisotopic (exact) mass is 185 g/mol. The lowest BCUT2D eigenvalue weighted by atomic mass is 10.2. The molecule has 0 unspecified atom stereocenters. The zero-order valence-corrected chi connectivity index (χ0v) is 8.13. The highest BCUT2D eigenvalue weighted by Gasteiger charge is 2.16. The van der Waals surface area contributed by atoms with E-state index >= 15 is 0 Å². The van der Waals surface area contributed by atoms with Crippen molar-refractivity contribution in [2.45, 2.75) is 32.5 Å². The standard InChI is InChI=1S/C9H15NO3/c1-5-7(11)6-10-8(12)13-9(2,3)4/h1,7,11H,6H2,2-4H3,(H,10,12)/t7-/m0/s1. The van der Waals surface area contributed by atoms with Gasteiger partial charge in [0, 0.05) is 0 Å². The average molecular weight is 185 g/mol. The van der Waals surface area contributed by atoms with Crippen molar-refractivity contribution in [2.75, 3.05) is 6.54 Å². The van der Waals surface area contributed by atoms with Crippen molar-refractivity contribution in [3.63, 3.8) is 0 Å². The number of alkyl carbamates (subject to hydrolysis) is 1. The lowest BCUT2D eigenvalue weighted by Gasteiger charge is -2.19. The molecule has 0 saturated heterocycles. The molecule has 0 heterocycles. The maximum absolute atomic E-state index is 11.0. The first-order valence-corrected chi connectivity index (χ1v) is 3.96. The minimum Gasteiger partial charge on any atom is -0.444 e. The van der Waals surface area contributed by atoms with E-state index in [4.69, 9.17) is 16.3 Å². The molecule has 4 heteroatoms. The highest BCUT2D eigenvalue weighted by Crippen LogP contribution is 2.06. The van der Waals surface area contributed by atoms with Crippen molar-refractivity contribution < 1.29 is 14.6 Å². The molecule has 13 heavy (non-hydrogen) atoms. The number of rotatable bonds is 2. The van der Waals surface area contributed by atoms with Crippen LogP contribution in [0.4, 0.5) is 4.79 Å². The Morgan fingerprint density at radius 1 is 1.69 bits per heavy atom. The van der Waals surface area contributed by atoms with Crippen LogP contribution < -0.4 is 5.32 Å². The smallest absolute Gasteiger partial charge is 0.407 e. The zero-order valence-electron chi connectivity index (χ0n) is 8.13. The number of carbonyl (C=O) groups excluding carboxylic acids is 1. The second-order valence-corrected chi connectivity index (χ2v) is 3.57. The summed E-state index contributed by atoms with van der Waals surface area (Å²) in [5, 5.41) is 11.2. The van der Waals surface area contributed by atoms with E-state index in [1.807, 2.05) is 0 Å². The van der Waals surface area contributed by atoms with Crippen LogP contribution in [0.2, 0.25) is 0 Å². The fraction of sp³-hybridized carbons (Fsp3) is 0.667. The Bertz CT molecular complexity index is 212. The molecular weight excluding hydrogens is 170 g/mol. The van der Waals surface area contributed by atoms with Crippen molar-refractivity contribution in [1.82, 2.24) is 5.32 Å². The van der Waals surface area contributed by atoms with Crippen LogP contribution in [0.25, 0.3) is 0 Å². The molecule has 0 aromatic carbocycles. The van der Waals surface area contributed by atoms with Crippen molar-refractivity contribution in [1.29, 1.82) is 0 Å². The molecule has 4 nitrogen and oxygen atoms in total. The average Bonchev–Trinajstić information content (AvgIpc) is 1.97. The quantitative estimate of drug-likeness (QED) is 0.616. The Hall–Kier alpha value is -1.21. The number of nitrogens with one attached hydrogen (secondary N) is 1. The number of ether oxygens (including phenoxy) is 1. The molecule has 1 amide bonds. The molecule has 0 fully saturated rings. The molecule has 2 N–H and O–H groups in total. The van der Waals surface area contributed by atoms with Crippen molar-refractivity contribution in [3.05, 3.63) is 0 Å². The van der Waals surface area contributed by atoms with Crippen LogP contribution in [0.1, 0.15) is 20.8 Å². The second-order valence-electron chi connectivity index (χ2n) is 3.57. The van der Waals surface area contributed by atoms with Crippen molar-refractivity contribution >= 4 is 6.09 Å². The normalized spacial score (nSPS) is 12.8. The molecular formula is C9H15NO3. The molecule has 0 aliphatic rings. The van der Waals surface area contributed by atoms with Gasteiger partial charge in [0.25, 0.3) is 0 Å². The van der Waals surface area contributed by atoms with Gasteiger partial charge in [-0.3, -0.25) is 0 Å². The van der Waals surface area contributed by atoms with Crippen molar-refractivity contribution in [3.8, 4) is 12.3 Å². The van der Waals surface area contributed by atoms with E-state index in [9.17, 15) is 4.79 Å². The van der Waals surface area contributed by atoms with Gasteiger partial charge in [-0.25, -0.2) is 4.79 Å². The summed E-state index contributed by atoms with van der Waals surface area (Å²) < 4.78 is 4.90. The second kappa shape index (κ2) is 4.73. The number of hydrogen-bond acceptors (Lipinski definition) is 3. The van der Waals surface area contributed by atoms with E-state index in [0.29, 0.717) is 0 Å². The molecule has 0 radical (unpaired) electrons. The summed E-state index contributed by atoms with van der Waals surface area (Å²) in [6.07, 6.45) is 3.35. The predicted molar refractivity (Wildman–Crippen MR) is 49.1 cm³/mol. The number of aliphatic hydroxyl groups excluding tert-OH is 1. The van der Waals surface area contributed by atoms with Crippen LogP contribution in [-0.2, 0) is 4.74 Å². The molecule has 0 rings (SSSR count). The minimum atomic E-state index is -0.965. The fourth-order valence-electron chi connectivity index (χ4n) is 0.553. The molecule has 1 atom stereocenters. The van der Waals surface area contributed by atoms with Crippen LogP contribution in [0.15, 0.2) is 0 Å². The molecule has 0 aromatic heterocycles. The number of aliphatic hydroxyl groups is 1. The number of carbonyl (C=O) groups is 1. The molecule has 0 aromatic rings. The maximum Gasteiger partial charge on any atom is 0.407 e. The van der Waals surface area contributed by atoms with Crippen LogP contribution in [0, 0.1) is 12.3 Å². The van der Waals surface area contributed by atoms with Gasteiger partial charge >= 0.3 is 6.09 Å². The third-order valence-electron chi connectivity index (χ3n) is 1.03. The summed E-state index contributed by atoms with van der Waals surface area (Å²) >= 11 is 0. The van der Waals surface area contributed by atoms with E-state index in [2.05, 4.69) is 11.2 Å². The summed E-state index contributed by atoms with van der Waals surface area (Å²) in [6.45, 7) is 5.27. The van der Waals surface area contributed by atoms with Gasteiger partial charge in [-0.1, -0.05) is 5.92 Å². The van der Waals surface area contributed by atoms with Crippen LogP contribution in [0.3, 0.4) is 0 Å². The topological polar surface area (TPSA) is 58.6 Å². The Kier molecular flexibility index (Phi) is 4.29. The van der Waals surface area contributed by atoms with E-state index < -0.39 is 17.8 Å². The summed E-state index contributed by atoms with van der Waals surface area (Å²) in [7, 11) is 0. The Labute approximate surface area is 78.3 Å². The summed E-state index contributed by atoms with van der Waals surface area (Å²) in [5.74, 6) is 2.07. The zero-order chi connectivity index (χ0) is 10.5. The highest BCUT2D eigenvalue weighted by molar-refractivity contribution is 5.67. The first kappa shape index (κ1) is 11.8. The van der Waals surface area contributed by atoms with Gasteiger partial charge in [0.05, 0.1) is 6.54 Å². The predicted octanol–water partition coefficient (Wildman–Crippen LogP) is 0.505. The van der Waals surface area contributed by atoms with Gasteiger partial charge in [0.2, 0.25) is 0 Å². The highest BCUT2D eigenvalue weighted by atomic mass is 16.6. The lowest BCUT2D eigenvalue weighted by molar-refractivity contribution is 0.0507. The van der Waals surface area contributed by atoms with Gasteiger partial charge < -0.3 is 15.2 Å². The first-order valence-electron chi connectivity index (χ1n) is 3.96. The van der Waals surface area contributed by atoms with Gasteiger partial charge in [-0.2, -0.15) is 0 Å². The number of amides is 1. The summed E-state index contributed by atoms with van der Waals surface area (Å²) in [5.41, 5.74) is -0.537. The van der Waals surface area contributed by atoms with E-state index in [0.717, 1.165) is 0 Å². The largest absolute Gasteiger partial charge is 0.444 e. The third-order valence-corrected chi connectivity index (χ3v) is 1.03. The maximum atomic E-state index is 11.0. The van der Waals surface area contributed by atoms with Gasteiger partial charge in [0.1, 0.15) is 11.7 Å². The van der Waals surface area contributed by atoms with Gasteiger partial charge in [-0.05, 0) is 20.8 Å². The SMILES string of the molecule is C#C[C@H](O)CNC(=O)OC(C)(C)C. The summed E-state index contributed by atoms with van der Waals surface area (Å²) in [6, 6.07) is 0. The molecule has 0 bridgehead atoms. The molecule has 0 spiro atoms. The summed E-state index contributed by atoms with van der Waals surface area (Å²) in [4.78, 5) is 11.0. The first-order chi connectivity index (χ1) is 5.85. The molecule has 0 aliphatic carbocycles. The third kappa shape index (κ3) is 7.16. The van der Waals surface area contributed by atoms with Gasteiger partial charge in [-0.15, -0.1) is 6.42 Å². The number of terminal acetylenes is 1.